The molecule has 51 heavy (non-hydrogen) atoms. The smallest absolute Gasteiger partial charge is 0.155 e. The van der Waals surface area contributed by atoms with Crippen LogP contribution in [0.3, 0.4) is 0 Å². The van der Waals surface area contributed by atoms with Crippen molar-refractivity contribution < 1.29 is 4.42 Å². The highest BCUT2D eigenvalue weighted by atomic mass is 35.5. The lowest BCUT2D eigenvalue weighted by Crippen LogP contribution is -2.08. The van der Waals surface area contributed by atoms with Gasteiger partial charge in [-0.05, 0) is 71.3 Å². The molecule has 0 aliphatic carbocycles. The highest BCUT2D eigenvalue weighted by Crippen LogP contribution is 2.41. The van der Waals surface area contributed by atoms with Crippen LogP contribution in [0.5, 0.6) is 0 Å². The third kappa shape index (κ3) is 6.40. The minimum absolute atomic E-state index is 0.478. The van der Waals surface area contributed by atoms with E-state index in [4.69, 9.17) is 26.0 Å². The van der Waals surface area contributed by atoms with E-state index in [0.29, 0.717) is 10.9 Å². The van der Waals surface area contributed by atoms with E-state index < -0.39 is 6.04 Å². The maximum Gasteiger partial charge on any atom is 0.155 e. The monoisotopic (exact) mass is 678 g/mol. The summed E-state index contributed by atoms with van der Waals surface area (Å²) >= 11 is 6.86. The summed E-state index contributed by atoms with van der Waals surface area (Å²) in [6.07, 6.45) is 0. The van der Waals surface area contributed by atoms with Crippen molar-refractivity contribution in [2.45, 2.75) is 19.9 Å². The molecule has 0 spiro atoms. The summed E-state index contributed by atoms with van der Waals surface area (Å²) in [4.78, 5) is 10.6. The van der Waals surface area contributed by atoms with Crippen molar-refractivity contribution in [3.63, 3.8) is 0 Å². The van der Waals surface area contributed by atoms with E-state index in [1.54, 1.807) is 0 Å². The van der Waals surface area contributed by atoms with Gasteiger partial charge in [0, 0.05) is 38.0 Å². The van der Waals surface area contributed by atoms with Crippen LogP contribution in [-0.2, 0) is 0 Å². The Bertz CT molecular complexity index is 2620. The van der Waals surface area contributed by atoms with Crippen LogP contribution >= 0.6 is 11.6 Å². The molecule has 1 heterocycles. The summed E-state index contributed by atoms with van der Waals surface area (Å²) in [5.74, 6) is 0.597. The molecule has 3 nitrogen and oxygen atoms in total. The van der Waals surface area contributed by atoms with Gasteiger partial charge < -0.3 is 4.42 Å². The first-order valence-electron chi connectivity index (χ1n) is 17.1. The predicted molar refractivity (Wildman–Crippen MR) is 216 cm³/mol. The van der Waals surface area contributed by atoms with E-state index in [0.717, 1.165) is 82.9 Å². The van der Waals surface area contributed by atoms with Gasteiger partial charge in [-0.3, -0.25) is 4.99 Å². The van der Waals surface area contributed by atoms with Crippen LogP contribution in [0.1, 0.15) is 36.6 Å². The number of furan rings is 1. The molecular formula is C47H35ClN2O. The van der Waals surface area contributed by atoms with Crippen LogP contribution in [0, 0.1) is 0 Å². The lowest BCUT2D eigenvalue weighted by Gasteiger charge is -2.16. The third-order valence-corrected chi connectivity index (χ3v) is 9.60. The van der Waals surface area contributed by atoms with Crippen LogP contribution in [0.25, 0.3) is 55.0 Å². The summed E-state index contributed by atoms with van der Waals surface area (Å²) in [6, 6.07) is 53.6. The number of rotatable bonds is 7. The average molecular weight is 679 g/mol. The molecule has 0 N–H and O–H groups in total. The molecule has 1 unspecified atom stereocenters. The number of hydrogen-bond donors (Lipinski definition) is 0. The van der Waals surface area contributed by atoms with Gasteiger partial charge in [-0.25, -0.2) is 4.99 Å². The lowest BCUT2D eigenvalue weighted by atomic mass is 9.98. The third-order valence-electron chi connectivity index (χ3n) is 9.38. The number of benzene rings is 7. The van der Waals surface area contributed by atoms with E-state index in [9.17, 15) is 0 Å². The minimum Gasteiger partial charge on any atom is -0.455 e. The molecule has 8 aromatic rings. The Morgan fingerprint density at radius 1 is 0.569 bits per heavy atom. The molecule has 0 radical (unpaired) electrons. The van der Waals surface area contributed by atoms with Gasteiger partial charge in [0.2, 0.25) is 0 Å². The zero-order valence-electron chi connectivity index (χ0n) is 28.5. The second-order valence-electron chi connectivity index (χ2n) is 12.9. The van der Waals surface area contributed by atoms with Crippen LogP contribution in [-0.4, -0.2) is 11.5 Å². The van der Waals surface area contributed by atoms with Gasteiger partial charge in [0.05, 0.1) is 0 Å². The van der Waals surface area contributed by atoms with Crippen molar-refractivity contribution in [2.24, 2.45) is 9.98 Å². The highest BCUT2D eigenvalue weighted by molar-refractivity contribution is 6.32. The number of amidine groups is 1. The summed E-state index contributed by atoms with van der Waals surface area (Å²) in [7, 11) is 0. The first kappa shape index (κ1) is 32.2. The van der Waals surface area contributed by atoms with Crippen molar-refractivity contribution in [2.75, 3.05) is 0 Å². The first-order chi connectivity index (χ1) is 24.9. The van der Waals surface area contributed by atoms with Gasteiger partial charge in [-0.15, -0.1) is 0 Å². The molecule has 0 saturated heterocycles. The lowest BCUT2D eigenvalue weighted by molar-refractivity contribution is 0.660. The molecular weight excluding hydrogens is 644 g/mol. The highest BCUT2D eigenvalue weighted by Gasteiger charge is 2.22. The van der Waals surface area contributed by atoms with Crippen LogP contribution in [0.2, 0.25) is 5.02 Å². The standard InChI is InChI=1S/C47H35ClN2O/c1-30(2)44(43-29-39(48)28-42-41-26-25-35-17-10-11-20-40(35)45(41)51-46(42)43)50-47(36-23-21-34(22-24-36)32-13-6-4-7-14-32)49-31(3)37-18-12-19-38(27-37)33-15-8-5-9-16-33/h4-29,44H,1H2,2-3H3/b49-31+,50-47-. The van der Waals surface area contributed by atoms with Gasteiger partial charge in [-0.1, -0.05) is 157 Å². The Hall–Kier alpha value is -6.03. The fourth-order valence-electron chi connectivity index (χ4n) is 6.75. The first-order valence-corrected chi connectivity index (χ1v) is 17.4. The molecule has 0 saturated carbocycles. The summed E-state index contributed by atoms with van der Waals surface area (Å²) in [5, 5.41) is 4.75. The van der Waals surface area contributed by atoms with Gasteiger partial charge in [0.15, 0.2) is 5.84 Å². The molecule has 7 aromatic carbocycles. The quantitative estimate of drug-likeness (QED) is 0.0939. The van der Waals surface area contributed by atoms with Gasteiger partial charge in [0.1, 0.15) is 17.2 Å². The maximum absolute atomic E-state index is 6.86. The molecule has 1 atom stereocenters. The minimum atomic E-state index is -0.478. The largest absolute Gasteiger partial charge is 0.455 e. The second-order valence-corrected chi connectivity index (χ2v) is 13.4. The SMILES string of the molecule is C=C(C)C(/N=C(\N=C(/C)c1cccc(-c2ccccc2)c1)c1ccc(-c2ccccc2)cc1)c1cc(Cl)cc2c1oc1c3ccccc3ccc21. The molecule has 4 heteroatoms. The molecule has 0 aliphatic rings. The average Bonchev–Trinajstić information content (AvgIpc) is 3.56. The Morgan fingerprint density at radius 3 is 1.94 bits per heavy atom. The van der Waals surface area contributed by atoms with E-state index in [-0.39, 0.29) is 0 Å². The number of hydrogen-bond acceptors (Lipinski definition) is 2. The zero-order valence-corrected chi connectivity index (χ0v) is 29.2. The molecule has 0 amide bonds. The van der Waals surface area contributed by atoms with E-state index in [1.165, 1.54) is 0 Å². The van der Waals surface area contributed by atoms with Crippen LogP contribution in [0.15, 0.2) is 184 Å². The van der Waals surface area contributed by atoms with Crippen molar-refractivity contribution in [1.29, 1.82) is 0 Å². The van der Waals surface area contributed by atoms with Crippen LogP contribution in [0.4, 0.5) is 0 Å². The van der Waals surface area contributed by atoms with Crippen molar-refractivity contribution >= 4 is 55.9 Å². The number of halogens is 1. The van der Waals surface area contributed by atoms with Crippen molar-refractivity contribution in [3.8, 4) is 22.3 Å². The molecule has 0 aliphatic heterocycles. The Morgan fingerprint density at radius 2 is 1.22 bits per heavy atom. The maximum atomic E-state index is 6.86. The molecule has 246 valence electrons. The fourth-order valence-corrected chi connectivity index (χ4v) is 6.98. The molecule has 0 fully saturated rings. The Labute approximate surface area is 302 Å². The normalized spacial score (nSPS) is 12.8. The van der Waals surface area contributed by atoms with Crippen molar-refractivity contribution in [1.82, 2.24) is 0 Å². The van der Waals surface area contributed by atoms with Gasteiger partial charge in [-0.2, -0.15) is 0 Å². The molecule has 1 aromatic heterocycles. The Kier molecular flexibility index (Phi) is 8.65. The summed E-state index contributed by atoms with van der Waals surface area (Å²) < 4.78 is 6.74. The number of fused-ring (bicyclic) bond motifs is 5. The van der Waals surface area contributed by atoms with E-state index >= 15 is 0 Å². The number of nitrogens with zero attached hydrogens (tertiary/aromatic N) is 2. The summed E-state index contributed by atoms with van der Waals surface area (Å²) in [6.45, 7) is 8.45. The predicted octanol–water partition coefficient (Wildman–Crippen LogP) is 13.3. The topological polar surface area (TPSA) is 37.9 Å². The molecule has 0 bridgehead atoms. The van der Waals surface area contributed by atoms with E-state index in [1.807, 2.05) is 50.2 Å². The van der Waals surface area contributed by atoms with Gasteiger partial charge in [0.25, 0.3) is 0 Å². The fraction of sp³-hybridized carbons (Fsp3) is 0.0638. The summed E-state index contributed by atoms with van der Waals surface area (Å²) in [5.41, 5.74) is 10.6. The second kappa shape index (κ2) is 13.7. The van der Waals surface area contributed by atoms with Crippen LogP contribution < -0.4 is 0 Å². The van der Waals surface area contributed by atoms with Gasteiger partial charge >= 0.3 is 0 Å². The van der Waals surface area contributed by atoms with Crippen molar-refractivity contribution in [3.05, 3.63) is 192 Å². The molecule has 8 rings (SSSR count). The van der Waals surface area contributed by atoms with E-state index in [2.05, 4.69) is 128 Å². The Balaban J connectivity index is 1.30. The zero-order chi connectivity index (χ0) is 34.9. The number of aliphatic imine (C=N–C) groups is 2.